The van der Waals surface area contributed by atoms with Gasteiger partial charge in [0.2, 0.25) is 0 Å². The highest BCUT2D eigenvalue weighted by atomic mass is 79.9. The Balaban J connectivity index is 2.95. The molecule has 0 nitrogen and oxygen atoms in total. The summed E-state index contributed by atoms with van der Waals surface area (Å²) in [6, 6.07) is 4.98. The predicted octanol–water partition coefficient (Wildman–Crippen LogP) is 4.38. The Labute approximate surface area is 94.1 Å². The van der Waals surface area contributed by atoms with Crippen molar-refractivity contribution in [1.29, 1.82) is 0 Å². The molecule has 0 N–H and O–H groups in total. The molecular formula is C10H9Br2F. The van der Waals surface area contributed by atoms with Crippen LogP contribution in [0.4, 0.5) is 4.39 Å². The van der Waals surface area contributed by atoms with E-state index in [9.17, 15) is 4.39 Å². The van der Waals surface area contributed by atoms with Crippen LogP contribution in [-0.2, 0) is 0 Å². The maximum atomic E-state index is 13.0. The molecule has 1 atom stereocenters. The Morgan fingerprint density at radius 1 is 1.46 bits per heavy atom. The van der Waals surface area contributed by atoms with E-state index < -0.39 is 0 Å². The average Bonchev–Trinajstić information content (AvgIpc) is 2.07. The number of allylic oxidation sites excluding steroid dienone is 1. The Morgan fingerprint density at radius 2 is 2.15 bits per heavy atom. The molecule has 0 spiro atoms. The van der Waals surface area contributed by atoms with Crippen molar-refractivity contribution in [2.24, 2.45) is 0 Å². The second kappa shape index (κ2) is 4.91. The van der Waals surface area contributed by atoms with Crippen molar-refractivity contribution in [2.45, 2.75) is 11.8 Å². The van der Waals surface area contributed by atoms with Gasteiger partial charge in [-0.05, 0) is 34.5 Å². The van der Waals surface area contributed by atoms with Crippen LogP contribution in [0.15, 0.2) is 28.7 Å². The fourth-order valence-corrected chi connectivity index (χ4v) is 1.43. The number of hydrogen-bond acceptors (Lipinski definition) is 0. The first-order valence-corrected chi connectivity index (χ1v) is 5.58. The molecule has 0 aliphatic carbocycles. The van der Waals surface area contributed by atoms with Gasteiger partial charge in [-0.25, -0.2) is 4.39 Å². The van der Waals surface area contributed by atoms with Crippen molar-refractivity contribution in [2.75, 3.05) is 0 Å². The summed E-state index contributed by atoms with van der Waals surface area (Å²) in [5, 5.41) is 0. The van der Waals surface area contributed by atoms with E-state index in [0.717, 1.165) is 5.56 Å². The van der Waals surface area contributed by atoms with Crippen LogP contribution in [0.2, 0.25) is 0 Å². The Bertz CT molecular complexity index is 319. The Morgan fingerprint density at radius 3 is 2.77 bits per heavy atom. The zero-order chi connectivity index (χ0) is 9.84. The molecule has 3 heteroatoms. The van der Waals surface area contributed by atoms with Gasteiger partial charge in [0, 0.05) is 4.83 Å². The first kappa shape index (κ1) is 10.9. The minimum atomic E-state index is -0.232. The highest BCUT2D eigenvalue weighted by Crippen LogP contribution is 2.21. The number of halogens is 3. The lowest BCUT2D eigenvalue weighted by atomic mass is 10.2. The van der Waals surface area contributed by atoms with Gasteiger partial charge in [0.15, 0.2) is 0 Å². The summed E-state index contributed by atoms with van der Waals surface area (Å²) in [6.45, 7) is 2.00. The van der Waals surface area contributed by atoms with Crippen LogP contribution in [0.3, 0.4) is 0 Å². The molecule has 1 aromatic carbocycles. The van der Waals surface area contributed by atoms with E-state index in [0.29, 0.717) is 9.30 Å². The van der Waals surface area contributed by atoms with Crippen molar-refractivity contribution >= 4 is 37.9 Å². The van der Waals surface area contributed by atoms with Crippen LogP contribution < -0.4 is 0 Å². The molecule has 0 aliphatic heterocycles. The predicted molar refractivity (Wildman–Crippen MR) is 61.5 cm³/mol. The van der Waals surface area contributed by atoms with E-state index in [1.807, 2.05) is 25.1 Å². The van der Waals surface area contributed by atoms with Crippen molar-refractivity contribution < 1.29 is 4.39 Å². The number of hydrogen-bond donors (Lipinski definition) is 0. The van der Waals surface area contributed by atoms with Gasteiger partial charge < -0.3 is 0 Å². The molecule has 0 saturated carbocycles. The van der Waals surface area contributed by atoms with Crippen LogP contribution in [0, 0.1) is 5.82 Å². The van der Waals surface area contributed by atoms with Crippen LogP contribution in [-0.4, -0.2) is 4.83 Å². The fraction of sp³-hybridized carbons (Fsp3) is 0.200. The van der Waals surface area contributed by atoms with Gasteiger partial charge in [0.1, 0.15) is 5.82 Å². The van der Waals surface area contributed by atoms with Crippen LogP contribution >= 0.6 is 31.9 Å². The molecule has 0 aliphatic rings. The first-order chi connectivity index (χ1) is 6.11. The lowest BCUT2D eigenvalue weighted by molar-refractivity contribution is 0.621. The Kier molecular flexibility index (Phi) is 4.13. The maximum Gasteiger partial charge on any atom is 0.137 e. The standard InChI is InChI=1S/C10H9Br2F/c1-7(11)5-6-8-3-2-4-9(13)10(8)12/h2-7H,1H3/b6-5+. The molecule has 1 unspecified atom stereocenters. The number of benzene rings is 1. The van der Waals surface area contributed by atoms with Gasteiger partial charge in [-0.15, -0.1) is 0 Å². The minimum Gasteiger partial charge on any atom is -0.206 e. The number of alkyl halides is 1. The molecule has 0 heterocycles. The van der Waals surface area contributed by atoms with Gasteiger partial charge in [-0.2, -0.15) is 0 Å². The lowest BCUT2D eigenvalue weighted by Gasteiger charge is -1.99. The molecule has 0 aromatic heterocycles. The van der Waals surface area contributed by atoms with Crippen LogP contribution in [0.25, 0.3) is 6.08 Å². The summed E-state index contributed by atoms with van der Waals surface area (Å²) in [6.07, 6.45) is 3.84. The molecule has 70 valence electrons. The first-order valence-electron chi connectivity index (χ1n) is 3.87. The van der Waals surface area contributed by atoms with E-state index in [2.05, 4.69) is 31.9 Å². The van der Waals surface area contributed by atoms with Crippen molar-refractivity contribution in [1.82, 2.24) is 0 Å². The Hall–Kier alpha value is -0.150. The monoisotopic (exact) mass is 306 g/mol. The third-order valence-electron chi connectivity index (χ3n) is 1.52. The quantitative estimate of drug-likeness (QED) is 0.711. The molecule has 0 fully saturated rings. The summed E-state index contributed by atoms with van der Waals surface area (Å²) < 4.78 is 13.5. The minimum absolute atomic E-state index is 0.232. The molecular weight excluding hydrogens is 299 g/mol. The van der Waals surface area contributed by atoms with Crippen molar-refractivity contribution in [3.8, 4) is 0 Å². The second-order valence-corrected chi connectivity index (χ2v) is 4.92. The molecule has 13 heavy (non-hydrogen) atoms. The van der Waals surface area contributed by atoms with Crippen LogP contribution in [0.1, 0.15) is 12.5 Å². The zero-order valence-electron chi connectivity index (χ0n) is 7.10. The highest BCUT2D eigenvalue weighted by molar-refractivity contribution is 9.10. The zero-order valence-corrected chi connectivity index (χ0v) is 10.3. The molecule has 0 bridgehead atoms. The second-order valence-electron chi connectivity index (χ2n) is 2.68. The topological polar surface area (TPSA) is 0 Å². The van der Waals surface area contributed by atoms with Crippen LogP contribution in [0.5, 0.6) is 0 Å². The van der Waals surface area contributed by atoms with E-state index >= 15 is 0 Å². The summed E-state index contributed by atoms with van der Waals surface area (Å²) in [5.74, 6) is -0.232. The van der Waals surface area contributed by atoms with E-state index in [-0.39, 0.29) is 5.82 Å². The van der Waals surface area contributed by atoms with Gasteiger partial charge >= 0.3 is 0 Å². The van der Waals surface area contributed by atoms with E-state index in [1.54, 1.807) is 6.07 Å². The van der Waals surface area contributed by atoms with E-state index in [1.165, 1.54) is 6.07 Å². The summed E-state index contributed by atoms with van der Waals surface area (Å²) in [5.41, 5.74) is 0.853. The smallest absolute Gasteiger partial charge is 0.137 e. The molecule has 1 aromatic rings. The average molecular weight is 308 g/mol. The van der Waals surface area contributed by atoms with Gasteiger partial charge in [0.25, 0.3) is 0 Å². The molecule has 1 rings (SSSR count). The van der Waals surface area contributed by atoms with Gasteiger partial charge in [0.05, 0.1) is 4.47 Å². The molecule has 0 radical (unpaired) electrons. The van der Waals surface area contributed by atoms with Gasteiger partial charge in [-0.1, -0.05) is 40.2 Å². The fourth-order valence-electron chi connectivity index (χ4n) is 0.885. The third-order valence-corrected chi connectivity index (χ3v) is 2.66. The number of rotatable bonds is 2. The van der Waals surface area contributed by atoms with Crippen molar-refractivity contribution in [3.63, 3.8) is 0 Å². The van der Waals surface area contributed by atoms with Gasteiger partial charge in [-0.3, -0.25) is 0 Å². The normalized spacial score (nSPS) is 13.5. The molecule has 0 saturated heterocycles. The maximum absolute atomic E-state index is 13.0. The largest absolute Gasteiger partial charge is 0.206 e. The summed E-state index contributed by atoms with van der Waals surface area (Å²) in [7, 11) is 0. The molecule has 0 amide bonds. The lowest BCUT2D eigenvalue weighted by Crippen LogP contribution is -1.84. The third kappa shape index (κ3) is 3.24. The van der Waals surface area contributed by atoms with Crippen molar-refractivity contribution in [3.05, 3.63) is 40.1 Å². The van der Waals surface area contributed by atoms with E-state index in [4.69, 9.17) is 0 Å². The summed E-state index contributed by atoms with van der Waals surface area (Å²) >= 11 is 6.57. The SMILES string of the molecule is CC(Br)/C=C/c1cccc(F)c1Br. The summed E-state index contributed by atoms with van der Waals surface area (Å²) in [4.78, 5) is 0.294. The highest BCUT2D eigenvalue weighted by Gasteiger charge is 2.01.